The molecule has 1 atom stereocenters. The van der Waals surface area contributed by atoms with Gasteiger partial charge in [0.15, 0.2) is 9.84 Å². The van der Waals surface area contributed by atoms with E-state index in [2.05, 4.69) is 0 Å². The van der Waals surface area contributed by atoms with Crippen molar-refractivity contribution < 1.29 is 18.0 Å². The smallest absolute Gasteiger partial charge is 0.224 e. The van der Waals surface area contributed by atoms with Gasteiger partial charge in [-0.2, -0.15) is 0 Å². The molecule has 0 N–H and O–H groups in total. The van der Waals surface area contributed by atoms with Gasteiger partial charge < -0.3 is 9.80 Å². The minimum absolute atomic E-state index is 0.0101. The number of hydrogen-bond donors (Lipinski definition) is 0. The number of para-hydroxylation sites is 1. The SMILES string of the molecule is CC(=O)N(CCC(=O)N(C)C1CCS(=O)(=O)C1)c1ccccc1Cl. The Bertz CT molecular complexity index is 735. The Kier molecular flexibility index (Phi) is 5.87. The van der Waals surface area contributed by atoms with Crippen molar-refractivity contribution in [3.05, 3.63) is 29.3 Å². The third-order valence-electron chi connectivity index (χ3n) is 4.22. The molecule has 0 bridgehead atoms. The van der Waals surface area contributed by atoms with Crippen molar-refractivity contribution >= 4 is 38.9 Å². The topological polar surface area (TPSA) is 74.8 Å². The zero-order valence-corrected chi connectivity index (χ0v) is 15.3. The van der Waals surface area contributed by atoms with Crippen LogP contribution in [0.15, 0.2) is 24.3 Å². The molecule has 0 aromatic heterocycles. The largest absolute Gasteiger partial charge is 0.342 e. The predicted molar refractivity (Wildman–Crippen MR) is 93.9 cm³/mol. The van der Waals surface area contributed by atoms with E-state index in [0.717, 1.165) is 0 Å². The van der Waals surface area contributed by atoms with Gasteiger partial charge in [-0.15, -0.1) is 0 Å². The summed E-state index contributed by atoms with van der Waals surface area (Å²) in [4.78, 5) is 27.2. The second kappa shape index (κ2) is 7.53. The molecule has 0 saturated carbocycles. The highest BCUT2D eigenvalue weighted by Gasteiger charge is 2.32. The second-order valence-electron chi connectivity index (χ2n) is 5.93. The Balaban J connectivity index is 2.01. The monoisotopic (exact) mass is 372 g/mol. The number of carbonyl (C=O) groups excluding carboxylic acids is 2. The van der Waals surface area contributed by atoms with Gasteiger partial charge in [-0.25, -0.2) is 8.42 Å². The summed E-state index contributed by atoms with van der Waals surface area (Å²) >= 11 is 6.12. The second-order valence-corrected chi connectivity index (χ2v) is 8.57. The van der Waals surface area contributed by atoms with Gasteiger partial charge in [0.1, 0.15) is 0 Å². The van der Waals surface area contributed by atoms with Crippen molar-refractivity contribution in [3.8, 4) is 0 Å². The van der Waals surface area contributed by atoms with Crippen LogP contribution in [0, 0.1) is 0 Å². The fourth-order valence-electron chi connectivity index (χ4n) is 2.79. The summed E-state index contributed by atoms with van der Waals surface area (Å²) in [6.45, 7) is 1.61. The number of sulfone groups is 1. The number of amides is 2. The highest BCUT2D eigenvalue weighted by molar-refractivity contribution is 7.91. The maximum atomic E-state index is 12.3. The van der Waals surface area contributed by atoms with Crippen LogP contribution in [0.25, 0.3) is 0 Å². The molecule has 1 saturated heterocycles. The maximum absolute atomic E-state index is 12.3. The van der Waals surface area contributed by atoms with Gasteiger partial charge in [0.05, 0.1) is 22.2 Å². The molecular formula is C16H21ClN2O4S. The first-order valence-electron chi connectivity index (χ1n) is 7.70. The predicted octanol–water partition coefficient (Wildman–Crippen LogP) is 1.73. The van der Waals surface area contributed by atoms with Crippen molar-refractivity contribution in [3.63, 3.8) is 0 Å². The van der Waals surface area contributed by atoms with Crippen LogP contribution in [-0.4, -0.2) is 56.3 Å². The molecule has 0 radical (unpaired) electrons. The van der Waals surface area contributed by atoms with Crippen molar-refractivity contribution in [2.45, 2.75) is 25.8 Å². The van der Waals surface area contributed by atoms with Gasteiger partial charge >= 0.3 is 0 Å². The zero-order valence-electron chi connectivity index (χ0n) is 13.7. The average molecular weight is 373 g/mol. The first kappa shape index (κ1) is 18.7. The van der Waals surface area contributed by atoms with E-state index < -0.39 is 9.84 Å². The van der Waals surface area contributed by atoms with Crippen LogP contribution in [0.3, 0.4) is 0 Å². The minimum Gasteiger partial charge on any atom is -0.342 e. The van der Waals surface area contributed by atoms with Gasteiger partial charge in [0.2, 0.25) is 11.8 Å². The lowest BCUT2D eigenvalue weighted by Crippen LogP contribution is -2.40. The third kappa shape index (κ3) is 4.48. The minimum atomic E-state index is -3.04. The first-order valence-corrected chi connectivity index (χ1v) is 9.90. The summed E-state index contributed by atoms with van der Waals surface area (Å²) in [6, 6.07) is 6.66. The summed E-state index contributed by atoms with van der Waals surface area (Å²) in [5.74, 6) is -0.262. The van der Waals surface area contributed by atoms with Crippen LogP contribution in [0.4, 0.5) is 5.69 Å². The fourth-order valence-corrected chi connectivity index (χ4v) is 4.80. The van der Waals surface area contributed by atoms with E-state index in [-0.39, 0.29) is 42.3 Å². The Morgan fingerprint density at radius 2 is 1.96 bits per heavy atom. The average Bonchev–Trinajstić information content (AvgIpc) is 2.88. The summed E-state index contributed by atoms with van der Waals surface area (Å²) < 4.78 is 23.1. The van der Waals surface area contributed by atoms with Crippen molar-refractivity contribution in [1.29, 1.82) is 0 Å². The Morgan fingerprint density at radius 3 is 2.50 bits per heavy atom. The summed E-state index contributed by atoms with van der Waals surface area (Å²) in [5.41, 5.74) is 0.561. The highest BCUT2D eigenvalue weighted by Crippen LogP contribution is 2.25. The van der Waals surface area contributed by atoms with E-state index in [9.17, 15) is 18.0 Å². The molecule has 1 aliphatic heterocycles. The van der Waals surface area contributed by atoms with Crippen LogP contribution in [-0.2, 0) is 19.4 Å². The third-order valence-corrected chi connectivity index (χ3v) is 6.29. The van der Waals surface area contributed by atoms with Gasteiger partial charge in [-0.05, 0) is 18.6 Å². The lowest BCUT2D eigenvalue weighted by Gasteiger charge is -2.26. The molecule has 1 aromatic rings. The molecular weight excluding hydrogens is 352 g/mol. The van der Waals surface area contributed by atoms with E-state index in [1.807, 2.05) is 0 Å². The van der Waals surface area contributed by atoms with Crippen molar-refractivity contribution in [2.24, 2.45) is 0 Å². The molecule has 8 heteroatoms. The van der Waals surface area contributed by atoms with Gasteiger partial charge in [-0.3, -0.25) is 9.59 Å². The van der Waals surface area contributed by atoms with E-state index in [4.69, 9.17) is 11.6 Å². The summed E-state index contributed by atoms with van der Waals surface area (Å²) in [5, 5.41) is 0.440. The number of anilines is 1. The van der Waals surface area contributed by atoms with Crippen LogP contribution >= 0.6 is 11.6 Å². The van der Waals surface area contributed by atoms with Gasteiger partial charge in [0.25, 0.3) is 0 Å². The van der Waals surface area contributed by atoms with Crippen LogP contribution in [0.2, 0.25) is 5.02 Å². The molecule has 2 amide bonds. The van der Waals surface area contributed by atoms with Crippen LogP contribution in [0.5, 0.6) is 0 Å². The van der Waals surface area contributed by atoms with E-state index in [1.54, 1.807) is 31.3 Å². The summed E-state index contributed by atoms with van der Waals surface area (Å²) in [7, 11) is -1.43. The molecule has 1 aliphatic rings. The normalized spacial score (nSPS) is 19.0. The van der Waals surface area contributed by atoms with Gasteiger partial charge in [0, 0.05) is 33.0 Å². The standard InChI is InChI=1S/C16H21ClN2O4S/c1-12(20)19(15-6-4-3-5-14(15)17)9-7-16(21)18(2)13-8-10-24(22,23)11-13/h3-6,13H,7-11H2,1-2H3. The molecule has 2 rings (SSSR count). The van der Waals surface area contributed by atoms with E-state index in [1.165, 1.54) is 16.7 Å². The van der Waals surface area contributed by atoms with E-state index >= 15 is 0 Å². The molecule has 1 fully saturated rings. The van der Waals surface area contributed by atoms with Crippen molar-refractivity contribution in [1.82, 2.24) is 4.90 Å². The molecule has 1 heterocycles. The lowest BCUT2D eigenvalue weighted by molar-refractivity contribution is -0.131. The zero-order chi connectivity index (χ0) is 17.9. The Labute approximate surface area is 147 Å². The summed E-state index contributed by atoms with van der Waals surface area (Å²) in [6.07, 6.45) is 0.573. The molecule has 1 unspecified atom stereocenters. The molecule has 132 valence electrons. The maximum Gasteiger partial charge on any atom is 0.224 e. The van der Waals surface area contributed by atoms with Crippen LogP contribution in [0.1, 0.15) is 19.8 Å². The molecule has 6 nitrogen and oxygen atoms in total. The molecule has 0 aliphatic carbocycles. The quantitative estimate of drug-likeness (QED) is 0.788. The first-order chi connectivity index (χ1) is 11.2. The number of nitrogens with zero attached hydrogens (tertiary/aromatic N) is 2. The number of carbonyl (C=O) groups is 2. The lowest BCUT2D eigenvalue weighted by atomic mass is 10.2. The number of benzene rings is 1. The highest BCUT2D eigenvalue weighted by atomic mass is 35.5. The molecule has 1 aromatic carbocycles. The van der Waals surface area contributed by atoms with Crippen LogP contribution < -0.4 is 4.90 Å². The Morgan fingerprint density at radius 1 is 1.29 bits per heavy atom. The van der Waals surface area contributed by atoms with Gasteiger partial charge in [-0.1, -0.05) is 23.7 Å². The van der Waals surface area contributed by atoms with E-state index in [0.29, 0.717) is 17.1 Å². The fraction of sp³-hybridized carbons (Fsp3) is 0.500. The molecule has 24 heavy (non-hydrogen) atoms. The number of halogens is 1. The molecule has 0 spiro atoms. The Hall–Kier alpha value is -1.60. The van der Waals surface area contributed by atoms with Crippen molar-refractivity contribution in [2.75, 3.05) is 30.0 Å². The number of rotatable bonds is 5. The number of hydrogen-bond acceptors (Lipinski definition) is 4.